The molecule has 3 heteroatoms. The molecule has 18 heavy (non-hydrogen) atoms. The third-order valence-corrected chi connectivity index (χ3v) is 3.73. The lowest BCUT2D eigenvalue weighted by atomic mass is 10.0. The lowest BCUT2D eigenvalue weighted by Gasteiger charge is -2.15. The fourth-order valence-electron chi connectivity index (χ4n) is 2.49. The first kappa shape index (κ1) is 11.4. The summed E-state index contributed by atoms with van der Waals surface area (Å²) in [5.41, 5.74) is 3.49. The van der Waals surface area contributed by atoms with Crippen molar-refractivity contribution in [1.29, 1.82) is 0 Å². The molecule has 0 bridgehead atoms. The maximum absolute atomic E-state index is 6.22. The van der Waals surface area contributed by atoms with E-state index in [0.717, 1.165) is 22.9 Å². The van der Waals surface area contributed by atoms with Crippen LogP contribution >= 0.6 is 11.6 Å². The first-order chi connectivity index (χ1) is 8.79. The number of methoxy groups -OCH3 is 1. The van der Waals surface area contributed by atoms with Gasteiger partial charge in [0.1, 0.15) is 5.75 Å². The normalized spacial score (nSPS) is 17.1. The van der Waals surface area contributed by atoms with Gasteiger partial charge in [-0.1, -0.05) is 35.9 Å². The molecule has 1 N–H and O–H groups in total. The summed E-state index contributed by atoms with van der Waals surface area (Å²) in [6.07, 6.45) is 0.898. The van der Waals surface area contributed by atoms with Crippen molar-refractivity contribution in [2.24, 2.45) is 0 Å². The average molecular weight is 260 g/mol. The van der Waals surface area contributed by atoms with Gasteiger partial charge in [0.15, 0.2) is 0 Å². The van der Waals surface area contributed by atoms with E-state index in [1.54, 1.807) is 7.11 Å². The highest BCUT2D eigenvalue weighted by molar-refractivity contribution is 6.31. The van der Waals surface area contributed by atoms with E-state index in [2.05, 4.69) is 17.4 Å². The van der Waals surface area contributed by atoms with Crippen LogP contribution in [-0.2, 0) is 6.42 Å². The molecule has 1 unspecified atom stereocenters. The molecule has 1 aliphatic rings. The number of anilines is 1. The van der Waals surface area contributed by atoms with Gasteiger partial charge in [-0.05, 0) is 23.8 Å². The van der Waals surface area contributed by atoms with Crippen LogP contribution in [0.1, 0.15) is 17.2 Å². The highest BCUT2D eigenvalue weighted by Crippen LogP contribution is 2.40. The van der Waals surface area contributed by atoms with Crippen molar-refractivity contribution in [3.05, 3.63) is 58.6 Å². The SMILES string of the molecule is COc1ccccc1C1Cc2c(Cl)cccc2N1. The van der Waals surface area contributed by atoms with E-state index in [-0.39, 0.29) is 6.04 Å². The second kappa shape index (κ2) is 4.54. The highest BCUT2D eigenvalue weighted by Gasteiger charge is 2.25. The van der Waals surface area contributed by atoms with Gasteiger partial charge in [-0.15, -0.1) is 0 Å². The second-order valence-corrected chi connectivity index (χ2v) is 4.82. The number of hydrogen-bond acceptors (Lipinski definition) is 2. The zero-order valence-electron chi connectivity index (χ0n) is 10.1. The van der Waals surface area contributed by atoms with Crippen LogP contribution in [0.5, 0.6) is 5.75 Å². The molecule has 2 nitrogen and oxygen atoms in total. The highest BCUT2D eigenvalue weighted by atomic mass is 35.5. The molecule has 0 saturated carbocycles. The Morgan fingerprint density at radius 3 is 2.78 bits per heavy atom. The lowest BCUT2D eigenvalue weighted by Crippen LogP contribution is -2.07. The third-order valence-electron chi connectivity index (χ3n) is 3.37. The van der Waals surface area contributed by atoms with Crippen molar-refractivity contribution in [3.8, 4) is 5.75 Å². The Morgan fingerprint density at radius 1 is 1.17 bits per heavy atom. The van der Waals surface area contributed by atoms with E-state index in [1.165, 1.54) is 11.1 Å². The van der Waals surface area contributed by atoms with Gasteiger partial charge in [0.25, 0.3) is 0 Å². The quantitative estimate of drug-likeness (QED) is 0.878. The van der Waals surface area contributed by atoms with Gasteiger partial charge in [-0.3, -0.25) is 0 Å². The first-order valence-corrected chi connectivity index (χ1v) is 6.34. The van der Waals surface area contributed by atoms with Crippen molar-refractivity contribution < 1.29 is 4.74 Å². The first-order valence-electron chi connectivity index (χ1n) is 5.96. The zero-order chi connectivity index (χ0) is 12.5. The largest absolute Gasteiger partial charge is 0.496 e. The smallest absolute Gasteiger partial charge is 0.124 e. The summed E-state index contributed by atoms with van der Waals surface area (Å²) in [6.45, 7) is 0. The van der Waals surface area contributed by atoms with E-state index in [9.17, 15) is 0 Å². The molecular formula is C15H14ClNO. The number of rotatable bonds is 2. The molecule has 3 rings (SSSR count). The molecule has 2 aromatic rings. The summed E-state index contributed by atoms with van der Waals surface area (Å²) in [5.74, 6) is 0.916. The van der Waals surface area contributed by atoms with E-state index < -0.39 is 0 Å². The van der Waals surface area contributed by atoms with Crippen molar-refractivity contribution in [3.63, 3.8) is 0 Å². The van der Waals surface area contributed by atoms with Crippen LogP contribution in [0.25, 0.3) is 0 Å². The maximum atomic E-state index is 6.22. The summed E-state index contributed by atoms with van der Waals surface area (Å²) < 4.78 is 5.41. The molecule has 1 heterocycles. The van der Waals surface area contributed by atoms with Crippen LogP contribution in [0.15, 0.2) is 42.5 Å². The van der Waals surface area contributed by atoms with Gasteiger partial charge in [-0.25, -0.2) is 0 Å². The minimum absolute atomic E-state index is 0.232. The Labute approximate surface area is 112 Å². The van der Waals surface area contributed by atoms with Gasteiger partial charge >= 0.3 is 0 Å². The second-order valence-electron chi connectivity index (χ2n) is 4.41. The lowest BCUT2D eigenvalue weighted by molar-refractivity contribution is 0.407. The van der Waals surface area contributed by atoms with Gasteiger partial charge in [0.05, 0.1) is 13.2 Å². The Hall–Kier alpha value is -1.67. The predicted octanol–water partition coefficient (Wildman–Crippen LogP) is 4.06. The molecule has 1 atom stereocenters. The minimum atomic E-state index is 0.232. The fourth-order valence-corrected chi connectivity index (χ4v) is 2.74. The fraction of sp³-hybridized carbons (Fsp3) is 0.200. The Balaban J connectivity index is 1.96. The summed E-state index contributed by atoms with van der Waals surface area (Å²) >= 11 is 6.22. The van der Waals surface area contributed by atoms with Gasteiger partial charge in [-0.2, -0.15) is 0 Å². The minimum Gasteiger partial charge on any atom is -0.496 e. The summed E-state index contributed by atoms with van der Waals surface area (Å²) in [6, 6.07) is 14.3. The van der Waals surface area contributed by atoms with Crippen LogP contribution in [0, 0.1) is 0 Å². The molecular weight excluding hydrogens is 246 g/mol. The number of benzene rings is 2. The van der Waals surface area contributed by atoms with Crippen molar-refractivity contribution in [2.45, 2.75) is 12.5 Å². The molecule has 0 amide bonds. The molecule has 0 radical (unpaired) electrons. The van der Waals surface area contributed by atoms with E-state index in [4.69, 9.17) is 16.3 Å². The number of fused-ring (bicyclic) bond motifs is 1. The monoisotopic (exact) mass is 259 g/mol. The summed E-state index contributed by atoms with van der Waals surface area (Å²) in [4.78, 5) is 0. The van der Waals surface area contributed by atoms with Gasteiger partial charge in [0.2, 0.25) is 0 Å². The summed E-state index contributed by atoms with van der Waals surface area (Å²) in [5, 5.41) is 4.33. The number of ether oxygens (including phenoxy) is 1. The number of nitrogens with one attached hydrogen (secondary N) is 1. The van der Waals surface area contributed by atoms with E-state index in [1.807, 2.05) is 30.3 Å². The molecule has 0 fully saturated rings. The number of hydrogen-bond donors (Lipinski definition) is 1. The Kier molecular flexibility index (Phi) is 2.88. The molecule has 0 saturated heterocycles. The molecule has 0 spiro atoms. The zero-order valence-corrected chi connectivity index (χ0v) is 10.9. The topological polar surface area (TPSA) is 21.3 Å². The van der Waals surface area contributed by atoms with Gasteiger partial charge in [0, 0.05) is 22.7 Å². The van der Waals surface area contributed by atoms with Crippen molar-refractivity contribution in [1.82, 2.24) is 0 Å². The average Bonchev–Trinajstić information content (AvgIpc) is 2.84. The standard InChI is InChI=1S/C15H14ClNO/c1-18-15-8-3-2-5-10(15)14-9-11-12(16)6-4-7-13(11)17-14/h2-8,14,17H,9H2,1H3. The van der Waals surface area contributed by atoms with Gasteiger partial charge < -0.3 is 10.1 Å². The van der Waals surface area contributed by atoms with Crippen LogP contribution in [0.3, 0.4) is 0 Å². The van der Waals surface area contributed by atoms with Crippen molar-refractivity contribution in [2.75, 3.05) is 12.4 Å². The molecule has 1 aliphatic heterocycles. The molecule has 0 aliphatic carbocycles. The molecule has 0 aromatic heterocycles. The van der Waals surface area contributed by atoms with E-state index in [0.29, 0.717) is 0 Å². The van der Waals surface area contributed by atoms with Crippen LogP contribution in [0.4, 0.5) is 5.69 Å². The van der Waals surface area contributed by atoms with Crippen LogP contribution in [0.2, 0.25) is 5.02 Å². The van der Waals surface area contributed by atoms with Crippen molar-refractivity contribution >= 4 is 17.3 Å². The number of halogens is 1. The van der Waals surface area contributed by atoms with Crippen LogP contribution < -0.4 is 10.1 Å². The number of para-hydroxylation sites is 1. The Bertz CT molecular complexity index is 582. The maximum Gasteiger partial charge on any atom is 0.124 e. The van der Waals surface area contributed by atoms with E-state index >= 15 is 0 Å². The van der Waals surface area contributed by atoms with Crippen LogP contribution in [-0.4, -0.2) is 7.11 Å². The summed E-state index contributed by atoms with van der Waals surface area (Å²) in [7, 11) is 1.70. The molecule has 2 aromatic carbocycles. The third kappa shape index (κ3) is 1.83. The Morgan fingerprint density at radius 2 is 2.00 bits per heavy atom. The predicted molar refractivity (Wildman–Crippen MR) is 74.5 cm³/mol. The molecule has 92 valence electrons.